The van der Waals surface area contributed by atoms with Gasteiger partial charge in [-0.2, -0.15) is 0 Å². The highest BCUT2D eigenvalue weighted by atomic mass is 16.5. The van der Waals surface area contributed by atoms with E-state index in [0.29, 0.717) is 44.7 Å². The Morgan fingerprint density at radius 3 is 1.91 bits per heavy atom. The fraction of sp³-hybridized carbons (Fsp3) is 0.641. The van der Waals surface area contributed by atoms with Gasteiger partial charge in [-0.05, 0) is 74.8 Å². The highest BCUT2D eigenvalue weighted by Gasteiger charge is 2.41. The molecule has 1 amide bonds. The van der Waals surface area contributed by atoms with E-state index in [1.165, 1.54) is 63.5 Å². The average Bonchev–Trinajstić information content (AvgIpc) is 3.12. The number of carbonyl (C=O) groups is 2. The minimum atomic E-state index is -0.661. The first kappa shape index (κ1) is 36.1. The van der Waals surface area contributed by atoms with Gasteiger partial charge in [-0.3, -0.25) is 14.5 Å². The van der Waals surface area contributed by atoms with E-state index in [4.69, 9.17) is 4.74 Å². The SMILES string of the molecule is CCCCCCCCCCCCN(C)C(CC)(Cc1ccc(C(=O)N2CCOCC2)cc1)C(=O)c1ccc(N2CCNCC2)cc1. The Hall–Kier alpha value is -2.74. The molecular formula is C39H60N4O3. The summed E-state index contributed by atoms with van der Waals surface area (Å²) in [5.74, 6) is 0.236. The van der Waals surface area contributed by atoms with Crippen molar-refractivity contribution in [1.82, 2.24) is 15.1 Å². The fourth-order valence-corrected chi connectivity index (χ4v) is 7.06. The van der Waals surface area contributed by atoms with Gasteiger partial charge in [0, 0.05) is 56.1 Å². The highest BCUT2D eigenvalue weighted by molar-refractivity contribution is 6.03. The van der Waals surface area contributed by atoms with E-state index in [9.17, 15) is 9.59 Å². The van der Waals surface area contributed by atoms with Gasteiger partial charge in [-0.15, -0.1) is 0 Å². The van der Waals surface area contributed by atoms with E-state index in [0.717, 1.165) is 50.3 Å². The molecule has 4 rings (SSSR count). The molecule has 0 spiro atoms. The van der Waals surface area contributed by atoms with E-state index in [-0.39, 0.29) is 11.7 Å². The van der Waals surface area contributed by atoms with Gasteiger partial charge in [0.1, 0.15) is 0 Å². The summed E-state index contributed by atoms with van der Waals surface area (Å²) < 4.78 is 5.42. The predicted molar refractivity (Wildman–Crippen MR) is 190 cm³/mol. The number of nitrogens with one attached hydrogen (secondary N) is 1. The molecule has 1 unspecified atom stereocenters. The molecule has 0 saturated carbocycles. The van der Waals surface area contributed by atoms with E-state index in [2.05, 4.69) is 48.1 Å². The van der Waals surface area contributed by atoms with Crippen molar-refractivity contribution in [3.05, 3.63) is 65.2 Å². The molecule has 0 radical (unpaired) electrons. The number of ketones is 1. The van der Waals surface area contributed by atoms with Gasteiger partial charge in [0.2, 0.25) is 0 Å². The van der Waals surface area contributed by atoms with Crippen LogP contribution in [0.15, 0.2) is 48.5 Å². The molecular weight excluding hydrogens is 572 g/mol. The minimum Gasteiger partial charge on any atom is -0.378 e. The largest absolute Gasteiger partial charge is 0.378 e. The van der Waals surface area contributed by atoms with E-state index >= 15 is 0 Å². The molecule has 0 aromatic heterocycles. The smallest absolute Gasteiger partial charge is 0.254 e. The van der Waals surface area contributed by atoms with Crippen LogP contribution < -0.4 is 10.2 Å². The minimum absolute atomic E-state index is 0.0512. The number of amides is 1. The molecule has 1 atom stereocenters. The first-order valence-corrected chi connectivity index (χ1v) is 18.3. The maximum absolute atomic E-state index is 14.6. The maximum atomic E-state index is 14.6. The van der Waals surface area contributed by atoms with E-state index in [1.54, 1.807) is 0 Å². The standard InChI is InChI=1S/C39H60N4O3/c1-4-6-7-8-9-10-11-12-13-14-25-41(3)39(5-2,37(44)34-19-21-36(22-20-34)42-26-23-40-24-27-42)32-33-15-17-35(18-16-33)38(45)43-28-30-46-31-29-43/h15-22,40H,4-14,23-32H2,1-3H3. The number of ether oxygens (including phenoxy) is 1. The van der Waals surface area contributed by atoms with Crippen LogP contribution in [0.2, 0.25) is 0 Å². The van der Waals surface area contributed by atoms with Crippen molar-refractivity contribution in [2.45, 2.75) is 96.4 Å². The number of hydrogen-bond donors (Lipinski definition) is 1. The zero-order chi connectivity index (χ0) is 32.6. The van der Waals surface area contributed by atoms with Crippen LogP contribution in [0, 0.1) is 0 Å². The summed E-state index contributed by atoms with van der Waals surface area (Å²) in [7, 11) is 2.14. The van der Waals surface area contributed by atoms with Gasteiger partial charge >= 0.3 is 0 Å². The second-order valence-corrected chi connectivity index (χ2v) is 13.4. The molecule has 0 bridgehead atoms. The molecule has 7 nitrogen and oxygen atoms in total. The van der Waals surface area contributed by atoms with Crippen molar-refractivity contribution in [2.75, 3.05) is 71.0 Å². The van der Waals surface area contributed by atoms with Gasteiger partial charge < -0.3 is 19.9 Å². The van der Waals surface area contributed by atoms with E-state index in [1.807, 2.05) is 41.3 Å². The average molecular weight is 633 g/mol. The third kappa shape index (κ3) is 10.1. The van der Waals surface area contributed by atoms with Gasteiger partial charge in [-0.25, -0.2) is 0 Å². The van der Waals surface area contributed by atoms with Crippen LogP contribution in [0.25, 0.3) is 0 Å². The van der Waals surface area contributed by atoms with Crippen LogP contribution in [-0.2, 0) is 11.2 Å². The maximum Gasteiger partial charge on any atom is 0.254 e. The Morgan fingerprint density at radius 2 is 1.33 bits per heavy atom. The number of benzene rings is 2. The molecule has 2 fully saturated rings. The normalized spacial score (nSPS) is 16.9. The Bertz CT molecular complexity index is 1170. The molecule has 46 heavy (non-hydrogen) atoms. The lowest BCUT2D eigenvalue weighted by Crippen LogP contribution is -2.54. The molecule has 2 aliphatic rings. The molecule has 2 saturated heterocycles. The Kier molecular flexibility index (Phi) is 15.0. The Balaban J connectivity index is 1.44. The zero-order valence-corrected chi connectivity index (χ0v) is 29.0. The summed E-state index contributed by atoms with van der Waals surface area (Å²) in [5, 5.41) is 3.42. The van der Waals surface area contributed by atoms with E-state index < -0.39 is 5.54 Å². The van der Waals surface area contributed by atoms with Crippen molar-refractivity contribution in [3.8, 4) is 0 Å². The lowest BCUT2D eigenvalue weighted by Gasteiger charge is -2.41. The first-order valence-electron chi connectivity index (χ1n) is 18.3. The number of piperazine rings is 1. The van der Waals surface area contributed by atoms with Crippen molar-refractivity contribution in [3.63, 3.8) is 0 Å². The number of anilines is 1. The molecule has 2 aromatic carbocycles. The molecule has 2 aliphatic heterocycles. The van der Waals surface area contributed by atoms with Crippen molar-refractivity contribution in [2.24, 2.45) is 0 Å². The Morgan fingerprint density at radius 1 is 0.761 bits per heavy atom. The van der Waals surface area contributed by atoms with Crippen LogP contribution in [0.4, 0.5) is 5.69 Å². The monoisotopic (exact) mass is 632 g/mol. The summed E-state index contributed by atoms with van der Waals surface area (Å²) in [6.45, 7) is 11.7. The zero-order valence-electron chi connectivity index (χ0n) is 29.0. The van der Waals surface area contributed by atoms with Crippen LogP contribution >= 0.6 is 0 Å². The number of Topliss-reactive ketones (excluding diaryl/α,β-unsaturated/α-hetero) is 1. The molecule has 0 aliphatic carbocycles. The first-order chi connectivity index (χ1) is 22.5. The third-order valence-electron chi connectivity index (χ3n) is 10.2. The fourth-order valence-electron chi connectivity index (χ4n) is 7.06. The highest BCUT2D eigenvalue weighted by Crippen LogP contribution is 2.30. The number of unbranched alkanes of at least 4 members (excludes halogenated alkanes) is 9. The third-order valence-corrected chi connectivity index (χ3v) is 10.2. The number of carbonyl (C=O) groups excluding carboxylic acids is 2. The van der Waals surface area contributed by atoms with Crippen molar-refractivity contribution in [1.29, 1.82) is 0 Å². The second-order valence-electron chi connectivity index (χ2n) is 13.4. The summed E-state index contributed by atoms with van der Waals surface area (Å²) in [6, 6.07) is 16.3. The molecule has 2 heterocycles. The summed E-state index contributed by atoms with van der Waals surface area (Å²) in [6.07, 6.45) is 14.3. The van der Waals surface area contributed by atoms with Gasteiger partial charge in [0.05, 0.1) is 18.8 Å². The van der Waals surface area contributed by atoms with Crippen LogP contribution in [0.1, 0.15) is 111 Å². The quantitative estimate of drug-likeness (QED) is 0.133. The predicted octanol–water partition coefficient (Wildman–Crippen LogP) is 7.00. The number of hydrogen-bond acceptors (Lipinski definition) is 6. The van der Waals surface area contributed by atoms with Gasteiger partial charge in [-0.1, -0.05) is 83.8 Å². The van der Waals surface area contributed by atoms with Gasteiger partial charge in [0.15, 0.2) is 5.78 Å². The number of nitrogens with zero attached hydrogens (tertiary/aromatic N) is 3. The molecule has 1 N–H and O–H groups in total. The van der Waals surface area contributed by atoms with Crippen LogP contribution in [-0.4, -0.2) is 93.1 Å². The molecule has 7 heteroatoms. The molecule has 254 valence electrons. The van der Waals surface area contributed by atoms with Crippen molar-refractivity contribution < 1.29 is 14.3 Å². The summed E-state index contributed by atoms with van der Waals surface area (Å²) in [5.41, 5.74) is 3.07. The lowest BCUT2D eigenvalue weighted by atomic mass is 9.79. The lowest BCUT2D eigenvalue weighted by molar-refractivity contribution is 0.0303. The van der Waals surface area contributed by atoms with Crippen LogP contribution in [0.3, 0.4) is 0 Å². The summed E-state index contributed by atoms with van der Waals surface area (Å²) in [4.78, 5) is 34.2. The number of rotatable bonds is 19. The summed E-state index contributed by atoms with van der Waals surface area (Å²) >= 11 is 0. The topological polar surface area (TPSA) is 65.1 Å². The van der Waals surface area contributed by atoms with Crippen LogP contribution in [0.5, 0.6) is 0 Å². The Labute approximate surface area is 279 Å². The van der Waals surface area contributed by atoms with Gasteiger partial charge in [0.25, 0.3) is 5.91 Å². The second kappa shape index (κ2) is 19.2. The molecule has 2 aromatic rings. The van der Waals surface area contributed by atoms with Crippen molar-refractivity contribution >= 4 is 17.4 Å². The number of likely N-dealkylation sites (N-methyl/N-ethyl adjacent to an activating group) is 1. The number of morpholine rings is 1.